The number of benzene rings is 2. The Hall–Kier alpha value is -1.41. The van der Waals surface area contributed by atoms with Crippen molar-refractivity contribution in [3.05, 3.63) is 65.5 Å². The van der Waals surface area contributed by atoms with Gasteiger partial charge in [0.1, 0.15) is 5.82 Å². The number of thioether (sulfide) groups is 1. The summed E-state index contributed by atoms with van der Waals surface area (Å²) in [6.45, 7) is 2.54. The van der Waals surface area contributed by atoms with Crippen molar-refractivity contribution in [1.82, 2.24) is 4.90 Å². The molecule has 0 aromatic heterocycles. The number of rotatable bonds is 9. The summed E-state index contributed by atoms with van der Waals surface area (Å²) >= 11 is 1.79. The van der Waals surface area contributed by atoms with E-state index in [0.717, 1.165) is 42.9 Å². The summed E-state index contributed by atoms with van der Waals surface area (Å²) in [5.41, 5.74) is 2.13. The molecule has 0 heterocycles. The molecule has 136 valence electrons. The number of hydrogen-bond donors (Lipinski definition) is 1. The van der Waals surface area contributed by atoms with Gasteiger partial charge in [0.15, 0.2) is 0 Å². The van der Waals surface area contributed by atoms with E-state index in [1.807, 2.05) is 12.1 Å². The molecule has 2 N–H and O–H groups in total. The second-order valence-electron chi connectivity index (χ2n) is 5.83. The first-order chi connectivity index (χ1) is 11.9. The first-order valence-corrected chi connectivity index (χ1v) is 10.9. The van der Waals surface area contributed by atoms with Gasteiger partial charge in [-0.15, -0.1) is 0 Å². The maximum Gasteiger partial charge on any atom is 0.238 e. The minimum atomic E-state index is -3.65. The molecule has 25 heavy (non-hydrogen) atoms. The highest BCUT2D eigenvalue weighted by molar-refractivity contribution is 7.98. The van der Waals surface area contributed by atoms with Crippen molar-refractivity contribution in [3.8, 4) is 0 Å². The summed E-state index contributed by atoms with van der Waals surface area (Å²) in [6, 6.07) is 13.2. The van der Waals surface area contributed by atoms with Crippen LogP contribution in [0.1, 0.15) is 11.1 Å². The minimum absolute atomic E-state index is 0.127. The summed E-state index contributed by atoms with van der Waals surface area (Å²) in [5, 5.41) is 5.12. The van der Waals surface area contributed by atoms with Gasteiger partial charge in [0.05, 0.1) is 4.90 Å². The molecule has 2 rings (SSSR count). The summed E-state index contributed by atoms with van der Waals surface area (Å²) in [7, 11) is -3.65. The average Bonchev–Trinajstić information content (AvgIpc) is 2.58. The van der Waals surface area contributed by atoms with Gasteiger partial charge in [-0.2, -0.15) is 11.8 Å². The molecule has 4 nitrogen and oxygen atoms in total. The van der Waals surface area contributed by atoms with Gasteiger partial charge in [-0.25, -0.2) is 17.9 Å². The maximum absolute atomic E-state index is 13.0. The van der Waals surface area contributed by atoms with Crippen LogP contribution < -0.4 is 5.14 Å². The predicted molar refractivity (Wildman–Crippen MR) is 102 cm³/mol. The van der Waals surface area contributed by atoms with Gasteiger partial charge < -0.3 is 0 Å². The van der Waals surface area contributed by atoms with Crippen molar-refractivity contribution in [1.29, 1.82) is 0 Å². The molecule has 2 aromatic rings. The van der Waals surface area contributed by atoms with E-state index in [4.69, 9.17) is 5.14 Å². The lowest BCUT2D eigenvalue weighted by atomic mass is 10.1. The van der Waals surface area contributed by atoms with Crippen molar-refractivity contribution in [2.75, 3.05) is 25.1 Å². The molecule has 0 aliphatic heterocycles. The standard InChI is InChI=1S/C18H23FN2O2S2/c1-24-13-12-21(14-16-2-6-17(19)7-3-16)11-10-15-4-8-18(9-5-15)25(20,22)23/h2-9H,10-14H2,1H3,(H2,20,22,23). The molecule has 0 saturated heterocycles. The lowest BCUT2D eigenvalue weighted by Gasteiger charge is -2.22. The monoisotopic (exact) mass is 382 g/mol. The van der Waals surface area contributed by atoms with Gasteiger partial charge in [-0.3, -0.25) is 4.90 Å². The van der Waals surface area contributed by atoms with Crippen molar-refractivity contribution in [3.63, 3.8) is 0 Å². The van der Waals surface area contributed by atoms with E-state index in [-0.39, 0.29) is 10.7 Å². The van der Waals surface area contributed by atoms with Crippen LogP contribution in [0.25, 0.3) is 0 Å². The molecule has 0 aliphatic carbocycles. The highest BCUT2D eigenvalue weighted by Crippen LogP contribution is 2.12. The molecule has 0 unspecified atom stereocenters. The smallest absolute Gasteiger partial charge is 0.238 e. The normalized spacial score (nSPS) is 11.8. The van der Waals surface area contributed by atoms with E-state index < -0.39 is 10.0 Å². The Labute approximate surface area is 153 Å². The fraction of sp³-hybridized carbons (Fsp3) is 0.333. The fourth-order valence-electron chi connectivity index (χ4n) is 2.47. The van der Waals surface area contributed by atoms with E-state index in [0.29, 0.717) is 0 Å². The van der Waals surface area contributed by atoms with Crippen molar-refractivity contribution < 1.29 is 12.8 Å². The van der Waals surface area contributed by atoms with Crippen LogP contribution in [0.4, 0.5) is 4.39 Å². The van der Waals surface area contributed by atoms with E-state index >= 15 is 0 Å². The van der Waals surface area contributed by atoms with Gasteiger partial charge in [0.2, 0.25) is 10.0 Å². The average molecular weight is 383 g/mol. The first kappa shape index (κ1) is 19.9. The zero-order valence-electron chi connectivity index (χ0n) is 14.2. The van der Waals surface area contributed by atoms with Gasteiger partial charge in [0, 0.05) is 25.4 Å². The van der Waals surface area contributed by atoms with Crippen LogP contribution in [-0.4, -0.2) is 38.4 Å². The lowest BCUT2D eigenvalue weighted by Crippen LogP contribution is -2.28. The van der Waals surface area contributed by atoms with Crippen molar-refractivity contribution in [2.45, 2.75) is 17.9 Å². The molecule has 0 aliphatic rings. The van der Waals surface area contributed by atoms with Crippen molar-refractivity contribution in [2.24, 2.45) is 5.14 Å². The van der Waals surface area contributed by atoms with Crippen LogP contribution in [0.5, 0.6) is 0 Å². The summed E-state index contributed by atoms with van der Waals surface area (Å²) < 4.78 is 35.6. The van der Waals surface area contributed by atoms with Crippen molar-refractivity contribution >= 4 is 21.8 Å². The summed E-state index contributed by atoms with van der Waals surface area (Å²) in [5.74, 6) is 0.792. The summed E-state index contributed by atoms with van der Waals surface area (Å²) in [6.07, 6.45) is 2.88. The zero-order valence-corrected chi connectivity index (χ0v) is 15.8. The second-order valence-corrected chi connectivity index (χ2v) is 8.38. The number of halogens is 1. The fourth-order valence-corrected chi connectivity index (χ4v) is 3.43. The van der Waals surface area contributed by atoms with Gasteiger partial charge in [-0.1, -0.05) is 24.3 Å². The third-order valence-electron chi connectivity index (χ3n) is 3.90. The first-order valence-electron chi connectivity index (χ1n) is 7.96. The molecule has 7 heteroatoms. The Morgan fingerprint density at radius 2 is 1.60 bits per heavy atom. The lowest BCUT2D eigenvalue weighted by molar-refractivity contribution is 0.286. The molecule has 2 aromatic carbocycles. The molecule has 0 amide bonds. The Bertz CT molecular complexity index is 763. The molecule has 0 bridgehead atoms. The van der Waals surface area contributed by atoms with Crippen LogP contribution in [0.15, 0.2) is 53.4 Å². The van der Waals surface area contributed by atoms with Gasteiger partial charge in [-0.05, 0) is 48.1 Å². The summed E-state index contributed by atoms with van der Waals surface area (Å²) in [4.78, 5) is 2.44. The van der Waals surface area contributed by atoms with E-state index in [2.05, 4.69) is 11.2 Å². The Morgan fingerprint density at radius 3 is 2.16 bits per heavy atom. The third kappa shape index (κ3) is 6.78. The quantitative estimate of drug-likeness (QED) is 0.724. The maximum atomic E-state index is 13.0. The number of sulfonamides is 1. The zero-order chi connectivity index (χ0) is 18.3. The van der Waals surface area contributed by atoms with E-state index in [1.165, 1.54) is 24.3 Å². The minimum Gasteiger partial charge on any atom is -0.298 e. The molecule has 0 saturated carbocycles. The molecule has 0 fully saturated rings. The van der Waals surface area contributed by atoms with Gasteiger partial charge >= 0.3 is 0 Å². The van der Waals surface area contributed by atoms with E-state index in [1.54, 1.807) is 23.9 Å². The van der Waals surface area contributed by atoms with Crippen LogP contribution in [0.2, 0.25) is 0 Å². The predicted octanol–water partition coefficient (Wildman–Crippen LogP) is 2.88. The van der Waals surface area contributed by atoms with Crippen LogP contribution >= 0.6 is 11.8 Å². The molecular weight excluding hydrogens is 359 g/mol. The molecule has 0 spiro atoms. The number of nitrogens with zero attached hydrogens (tertiary/aromatic N) is 1. The SMILES string of the molecule is CSCCN(CCc1ccc(S(N)(=O)=O)cc1)Cc1ccc(F)cc1. The Morgan fingerprint density at radius 1 is 1.00 bits per heavy atom. The number of primary sulfonamides is 1. The number of nitrogens with two attached hydrogens (primary N) is 1. The third-order valence-corrected chi connectivity index (χ3v) is 5.42. The van der Waals surface area contributed by atoms with E-state index in [9.17, 15) is 12.8 Å². The largest absolute Gasteiger partial charge is 0.298 e. The molecule has 0 atom stereocenters. The second kappa shape index (κ2) is 9.33. The molecular formula is C18H23FN2O2S2. The Balaban J connectivity index is 1.98. The highest BCUT2D eigenvalue weighted by atomic mass is 32.2. The highest BCUT2D eigenvalue weighted by Gasteiger charge is 2.09. The topological polar surface area (TPSA) is 63.4 Å². The van der Waals surface area contributed by atoms with Crippen LogP contribution in [0, 0.1) is 5.82 Å². The molecule has 0 radical (unpaired) electrons. The van der Waals surface area contributed by atoms with Crippen LogP contribution in [-0.2, 0) is 23.0 Å². The van der Waals surface area contributed by atoms with Crippen LogP contribution in [0.3, 0.4) is 0 Å². The number of hydrogen-bond acceptors (Lipinski definition) is 4. The Kier molecular flexibility index (Phi) is 7.43. The van der Waals surface area contributed by atoms with Gasteiger partial charge in [0.25, 0.3) is 0 Å².